The van der Waals surface area contributed by atoms with Gasteiger partial charge >= 0.3 is 13.4 Å². The topological polar surface area (TPSA) is 72.8 Å². The number of hydrogen-bond donors (Lipinski definition) is 1. The molecule has 100 valence electrons. The molecule has 0 aromatic carbocycles. The van der Waals surface area contributed by atoms with Crippen LogP contribution in [0.3, 0.4) is 0 Å². The van der Waals surface area contributed by atoms with Crippen LogP contribution in [0.5, 0.6) is 0 Å². The number of cyclic esters (lactones) is 2. The van der Waals surface area contributed by atoms with Crippen molar-refractivity contribution in [3.63, 3.8) is 0 Å². The van der Waals surface area contributed by atoms with E-state index in [-0.39, 0.29) is 13.5 Å². The molecule has 0 aliphatic carbocycles. The van der Waals surface area contributed by atoms with Gasteiger partial charge in [0.15, 0.2) is 0 Å². The van der Waals surface area contributed by atoms with E-state index in [9.17, 15) is 9.59 Å². The summed E-state index contributed by atoms with van der Waals surface area (Å²) in [6.45, 7) is 8.90. The lowest BCUT2D eigenvalue weighted by atomic mass is 10.1. The summed E-state index contributed by atoms with van der Waals surface area (Å²) in [4.78, 5) is 21.3. The molecule has 0 bridgehead atoms. The highest BCUT2D eigenvalue weighted by Gasteiger charge is 2.25. The zero-order valence-electron chi connectivity index (χ0n) is 12.2. The van der Waals surface area contributed by atoms with E-state index in [2.05, 4.69) is 4.74 Å². The second kappa shape index (κ2) is 5.35. The molecule has 2 unspecified atom stereocenters. The van der Waals surface area contributed by atoms with Crippen molar-refractivity contribution >= 4 is 11.9 Å². The summed E-state index contributed by atoms with van der Waals surface area (Å²) in [5.41, 5.74) is 2.95. The first-order valence-electron chi connectivity index (χ1n) is 5.70. The molecular weight excluding hydrogens is 236 g/mol. The monoisotopic (exact) mass is 255 g/mol. The number of carbonyl (C=O) groups is 2. The molecule has 0 spiro atoms. The fourth-order valence-corrected chi connectivity index (χ4v) is 1.43. The highest BCUT2D eigenvalue weighted by atomic mass is 16.6. The van der Waals surface area contributed by atoms with Crippen LogP contribution in [-0.2, 0) is 19.1 Å². The average molecular weight is 255 g/mol. The highest BCUT2D eigenvalue weighted by Crippen LogP contribution is 2.20. The van der Waals surface area contributed by atoms with Crippen molar-refractivity contribution in [1.29, 1.82) is 0 Å². The van der Waals surface area contributed by atoms with E-state index < -0.39 is 12.3 Å². The van der Waals surface area contributed by atoms with Crippen LogP contribution in [-0.4, -0.2) is 29.4 Å². The van der Waals surface area contributed by atoms with Crippen LogP contribution in [0, 0.1) is 0 Å². The molecule has 0 radical (unpaired) electrons. The van der Waals surface area contributed by atoms with Crippen molar-refractivity contribution < 1.29 is 25.6 Å². The smallest absolute Gasteiger partial charge is 0.455 e. The second-order valence-corrected chi connectivity index (χ2v) is 4.42. The molecule has 0 aromatic rings. The van der Waals surface area contributed by atoms with Crippen LogP contribution in [0.1, 0.15) is 36.0 Å². The first-order chi connectivity index (χ1) is 8.25. The predicted molar refractivity (Wildman–Crippen MR) is 65.5 cm³/mol. The Morgan fingerprint density at radius 3 is 1.50 bits per heavy atom. The van der Waals surface area contributed by atoms with Gasteiger partial charge in [-0.1, -0.05) is 0 Å². The van der Waals surface area contributed by atoms with Crippen LogP contribution in [0.15, 0.2) is 22.3 Å². The van der Waals surface area contributed by atoms with Gasteiger partial charge in [-0.3, -0.25) is 0 Å². The number of rotatable bonds is 0. The van der Waals surface area contributed by atoms with Crippen LogP contribution < -0.4 is 0 Å². The zero-order valence-corrected chi connectivity index (χ0v) is 11.2. The molecular formula is C13H19O5+. The van der Waals surface area contributed by atoms with Crippen LogP contribution in [0.2, 0.25) is 0 Å². The molecule has 2 rings (SSSR count). The third-order valence-electron chi connectivity index (χ3n) is 3.28. The maximum absolute atomic E-state index is 10.7. The Hall–Kier alpha value is -1.62. The van der Waals surface area contributed by atoms with E-state index in [0.717, 1.165) is 11.1 Å². The Morgan fingerprint density at radius 1 is 0.944 bits per heavy atom. The quantitative estimate of drug-likeness (QED) is 0.665. The van der Waals surface area contributed by atoms with Gasteiger partial charge < -0.3 is 14.6 Å². The summed E-state index contributed by atoms with van der Waals surface area (Å²) in [6.07, 6.45) is -1.00. The number of hydrogen-bond acceptors (Lipinski definition) is 5. The minimum atomic E-state index is -1.00. The maximum Gasteiger partial charge on any atom is 1.00 e. The van der Waals surface area contributed by atoms with E-state index in [4.69, 9.17) is 9.84 Å². The number of carbonyl (C=O) groups excluding carboxylic acids is 2. The summed E-state index contributed by atoms with van der Waals surface area (Å²) in [7, 11) is 0. The molecule has 2 aliphatic rings. The maximum atomic E-state index is 10.7. The normalized spacial score (nSPS) is 27.0. The van der Waals surface area contributed by atoms with Gasteiger partial charge in [-0.15, -0.1) is 0 Å². The molecule has 0 amide bonds. The zero-order chi connectivity index (χ0) is 14.0. The number of ether oxygens (including phenoxy) is 2. The summed E-state index contributed by atoms with van der Waals surface area (Å²) < 4.78 is 9.30. The van der Waals surface area contributed by atoms with Crippen LogP contribution in [0.25, 0.3) is 0 Å². The highest BCUT2D eigenvalue weighted by molar-refractivity contribution is 5.91. The molecule has 1 N–H and O–H groups in total. The SMILES string of the molecule is CC1=C(C)C(C)OC1=O.CC1=C(C)C(O)OC1=O.[H+]. The van der Waals surface area contributed by atoms with Gasteiger partial charge in [0.05, 0.1) is 0 Å². The Bertz CT molecular complexity index is 408. The summed E-state index contributed by atoms with van der Waals surface area (Å²) in [5.74, 6) is -0.583. The lowest BCUT2D eigenvalue weighted by Crippen LogP contribution is -2.07. The van der Waals surface area contributed by atoms with Crippen LogP contribution >= 0.6 is 0 Å². The van der Waals surface area contributed by atoms with Crippen molar-refractivity contribution in [3.8, 4) is 0 Å². The number of aliphatic hydroxyl groups is 1. The molecule has 2 aliphatic heterocycles. The molecule has 0 aromatic heterocycles. The predicted octanol–water partition coefficient (Wildman–Crippen LogP) is 1.58. The Kier molecular flexibility index (Phi) is 4.29. The first-order valence-corrected chi connectivity index (χ1v) is 5.70. The minimum Gasteiger partial charge on any atom is -0.455 e. The van der Waals surface area contributed by atoms with Crippen LogP contribution in [0.4, 0.5) is 0 Å². The lowest BCUT2D eigenvalue weighted by molar-refractivity contribution is -0.151. The standard InChI is InChI=1S/C7H10O2.C6H8O3/c1-4-5(2)7(8)9-6(4)3;1-3-4(2)6(8)9-5(3)7/h6H,1-3H3;5,7H,1-2H3/p+1. The van der Waals surface area contributed by atoms with Crippen molar-refractivity contribution in [2.24, 2.45) is 0 Å². The minimum absolute atomic E-state index is 0. The van der Waals surface area contributed by atoms with Gasteiger partial charge in [0.2, 0.25) is 6.29 Å². The van der Waals surface area contributed by atoms with Gasteiger partial charge in [-0.2, -0.15) is 0 Å². The van der Waals surface area contributed by atoms with Crippen molar-refractivity contribution in [2.45, 2.75) is 47.0 Å². The van der Waals surface area contributed by atoms with E-state index >= 15 is 0 Å². The third kappa shape index (κ3) is 2.79. The second-order valence-electron chi connectivity index (χ2n) is 4.42. The van der Waals surface area contributed by atoms with Crippen molar-refractivity contribution in [2.75, 3.05) is 0 Å². The van der Waals surface area contributed by atoms with Gasteiger partial charge in [0.25, 0.3) is 0 Å². The summed E-state index contributed by atoms with van der Waals surface area (Å²) >= 11 is 0. The summed E-state index contributed by atoms with van der Waals surface area (Å²) in [6, 6.07) is 0. The Labute approximate surface area is 108 Å². The molecule has 0 saturated carbocycles. The largest absolute Gasteiger partial charge is 1.00 e. The fourth-order valence-electron chi connectivity index (χ4n) is 1.43. The van der Waals surface area contributed by atoms with Gasteiger partial charge in [-0.25, -0.2) is 9.59 Å². The van der Waals surface area contributed by atoms with E-state index in [1.165, 1.54) is 0 Å². The molecule has 18 heavy (non-hydrogen) atoms. The van der Waals surface area contributed by atoms with E-state index in [0.29, 0.717) is 11.1 Å². The first kappa shape index (κ1) is 14.4. The van der Waals surface area contributed by atoms with Gasteiger partial charge in [0, 0.05) is 16.7 Å². The average Bonchev–Trinajstić information content (AvgIpc) is 2.66. The molecule has 5 heteroatoms. The van der Waals surface area contributed by atoms with Gasteiger partial charge in [0.1, 0.15) is 6.10 Å². The molecule has 0 saturated heterocycles. The van der Waals surface area contributed by atoms with E-state index in [1.54, 1.807) is 20.8 Å². The number of esters is 2. The molecule has 0 fully saturated rings. The fraction of sp³-hybridized carbons (Fsp3) is 0.538. The summed E-state index contributed by atoms with van der Waals surface area (Å²) in [5, 5.41) is 8.84. The third-order valence-corrected chi connectivity index (χ3v) is 3.28. The van der Waals surface area contributed by atoms with E-state index in [1.807, 2.05) is 13.8 Å². The molecule has 2 atom stereocenters. The van der Waals surface area contributed by atoms with Gasteiger partial charge in [-0.05, 0) is 40.2 Å². The Balaban J connectivity index is 0.000000324. The lowest BCUT2D eigenvalue weighted by Gasteiger charge is -2.00. The number of aliphatic hydroxyl groups excluding tert-OH is 1. The molecule has 2 heterocycles. The van der Waals surface area contributed by atoms with Crippen molar-refractivity contribution in [1.82, 2.24) is 0 Å². The Morgan fingerprint density at radius 2 is 1.39 bits per heavy atom. The van der Waals surface area contributed by atoms with Crippen molar-refractivity contribution in [3.05, 3.63) is 22.3 Å². The molecule has 5 nitrogen and oxygen atoms in total.